The lowest BCUT2D eigenvalue weighted by atomic mass is 10.1. The molecule has 0 atom stereocenters. The van der Waals surface area contributed by atoms with E-state index >= 15 is 0 Å². The summed E-state index contributed by atoms with van der Waals surface area (Å²) in [6.45, 7) is 4.61. The Labute approximate surface area is 133 Å². The van der Waals surface area contributed by atoms with Crippen LogP contribution in [-0.4, -0.2) is 28.9 Å². The third-order valence-electron chi connectivity index (χ3n) is 2.52. The fourth-order valence-electron chi connectivity index (χ4n) is 1.45. The second-order valence-corrected chi connectivity index (χ2v) is 6.24. The highest BCUT2D eigenvalue weighted by atomic mass is 35.5. The van der Waals surface area contributed by atoms with E-state index < -0.39 is 5.97 Å². The molecule has 0 aliphatic rings. The van der Waals surface area contributed by atoms with E-state index in [1.54, 1.807) is 17.8 Å². The van der Waals surface area contributed by atoms with Crippen molar-refractivity contribution in [3.8, 4) is 0 Å². The molecule has 1 rings (SSSR count). The van der Waals surface area contributed by atoms with Gasteiger partial charge in [-0.15, -0.1) is 11.8 Å². The molecule has 0 heterocycles. The van der Waals surface area contributed by atoms with Gasteiger partial charge in [-0.2, -0.15) is 0 Å². The molecule has 0 unspecified atom stereocenters. The molecule has 0 spiro atoms. The van der Waals surface area contributed by atoms with Gasteiger partial charge in [-0.1, -0.05) is 37.0 Å². The van der Waals surface area contributed by atoms with E-state index in [-0.39, 0.29) is 10.6 Å². The summed E-state index contributed by atoms with van der Waals surface area (Å²) in [4.78, 5) is 11.0. The van der Waals surface area contributed by atoms with Crippen molar-refractivity contribution < 1.29 is 9.90 Å². The van der Waals surface area contributed by atoms with Gasteiger partial charge in [0.05, 0.1) is 10.6 Å². The molecule has 7 heteroatoms. The normalized spacial score (nSPS) is 11.1. The smallest absolute Gasteiger partial charge is 0.337 e. The second-order valence-electron chi connectivity index (χ2n) is 4.47. The zero-order valence-electron chi connectivity index (χ0n) is 11.4. The molecule has 20 heavy (non-hydrogen) atoms. The maximum Gasteiger partial charge on any atom is 0.337 e. The number of halogens is 2. The van der Waals surface area contributed by atoms with Crippen LogP contribution >= 0.6 is 35.0 Å². The highest BCUT2D eigenvalue weighted by Gasteiger charge is 2.14. The van der Waals surface area contributed by atoms with Crippen LogP contribution in [-0.2, 0) is 6.54 Å². The minimum absolute atomic E-state index is 0.0713. The van der Waals surface area contributed by atoms with Crippen LogP contribution in [0.4, 0.5) is 0 Å². The highest BCUT2D eigenvalue weighted by Crippen LogP contribution is 2.28. The maximum atomic E-state index is 11.0. The number of thioether (sulfide) groups is 1. The summed E-state index contributed by atoms with van der Waals surface area (Å²) in [6.07, 6.45) is 0. The van der Waals surface area contributed by atoms with Crippen LogP contribution in [0.3, 0.4) is 0 Å². The summed E-state index contributed by atoms with van der Waals surface area (Å²) in [5, 5.41) is 16.1. The van der Waals surface area contributed by atoms with E-state index in [9.17, 15) is 4.79 Å². The first-order chi connectivity index (χ1) is 9.43. The quantitative estimate of drug-likeness (QED) is 0.501. The average Bonchev–Trinajstić information content (AvgIpc) is 2.35. The first-order valence-electron chi connectivity index (χ1n) is 6.15. The van der Waals surface area contributed by atoms with E-state index in [0.29, 0.717) is 23.2 Å². The molecular formula is C13H18Cl2N2O2S. The second kappa shape index (κ2) is 8.74. The molecule has 0 saturated carbocycles. The number of hydrogen-bond donors (Lipinski definition) is 3. The highest BCUT2D eigenvalue weighted by molar-refractivity contribution is 7.99. The van der Waals surface area contributed by atoms with Crippen molar-refractivity contribution in [1.29, 1.82) is 0 Å². The van der Waals surface area contributed by atoms with Gasteiger partial charge in [0, 0.05) is 34.9 Å². The number of carbonyl (C=O) groups is 1. The predicted molar refractivity (Wildman–Crippen MR) is 85.9 cm³/mol. The predicted octanol–water partition coefficient (Wildman–Crippen LogP) is 3.43. The van der Waals surface area contributed by atoms with E-state index in [1.807, 2.05) is 0 Å². The third kappa shape index (κ3) is 5.50. The molecule has 0 radical (unpaired) electrons. The van der Waals surface area contributed by atoms with Crippen molar-refractivity contribution in [2.75, 3.05) is 11.8 Å². The van der Waals surface area contributed by atoms with Crippen LogP contribution < -0.4 is 10.6 Å². The molecule has 1 aromatic rings. The Kier molecular flexibility index (Phi) is 7.69. The standard InChI is InChI=1S/C13H18Cl2N2O2S/c1-8(2)17-7-20-6-16-5-10-11(14)4-3-9(12(10)15)13(18)19/h3-4,8,16-17H,5-7H2,1-2H3,(H,18,19). The molecular weight excluding hydrogens is 319 g/mol. The Morgan fingerprint density at radius 3 is 2.65 bits per heavy atom. The van der Waals surface area contributed by atoms with Crippen molar-refractivity contribution in [2.45, 2.75) is 26.4 Å². The number of hydrogen-bond acceptors (Lipinski definition) is 4. The number of aromatic carboxylic acids is 1. The monoisotopic (exact) mass is 336 g/mol. The van der Waals surface area contributed by atoms with E-state index in [2.05, 4.69) is 24.5 Å². The maximum absolute atomic E-state index is 11.0. The van der Waals surface area contributed by atoms with Gasteiger partial charge in [0.25, 0.3) is 0 Å². The zero-order chi connectivity index (χ0) is 15.1. The Morgan fingerprint density at radius 1 is 1.35 bits per heavy atom. The fourth-order valence-corrected chi connectivity index (χ4v) is 2.83. The van der Waals surface area contributed by atoms with Gasteiger partial charge in [0.2, 0.25) is 0 Å². The summed E-state index contributed by atoms with van der Waals surface area (Å²) in [6, 6.07) is 3.43. The van der Waals surface area contributed by atoms with Crippen molar-refractivity contribution in [3.63, 3.8) is 0 Å². The lowest BCUT2D eigenvalue weighted by Crippen LogP contribution is -2.23. The van der Waals surface area contributed by atoms with Crippen LogP contribution in [0.15, 0.2) is 12.1 Å². The van der Waals surface area contributed by atoms with Gasteiger partial charge in [0.1, 0.15) is 0 Å². The average molecular weight is 337 g/mol. The minimum atomic E-state index is -1.05. The lowest BCUT2D eigenvalue weighted by molar-refractivity contribution is 0.0697. The Balaban J connectivity index is 2.51. The summed E-state index contributed by atoms with van der Waals surface area (Å²) in [7, 11) is 0. The van der Waals surface area contributed by atoms with Crippen molar-refractivity contribution in [2.24, 2.45) is 0 Å². The molecule has 3 N–H and O–H groups in total. The fraction of sp³-hybridized carbons (Fsp3) is 0.462. The summed E-state index contributed by atoms with van der Waals surface area (Å²) in [5.41, 5.74) is 0.688. The first-order valence-corrected chi connectivity index (χ1v) is 8.06. The Morgan fingerprint density at radius 2 is 2.05 bits per heavy atom. The molecule has 0 saturated heterocycles. The van der Waals surface area contributed by atoms with Gasteiger partial charge in [-0.25, -0.2) is 4.79 Å². The van der Waals surface area contributed by atoms with Crippen LogP contribution in [0.25, 0.3) is 0 Å². The van der Waals surface area contributed by atoms with Gasteiger partial charge >= 0.3 is 5.97 Å². The van der Waals surface area contributed by atoms with E-state index in [0.717, 1.165) is 11.8 Å². The topological polar surface area (TPSA) is 61.4 Å². The van der Waals surface area contributed by atoms with Crippen LogP contribution in [0.2, 0.25) is 10.0 Å². The van der Waals surface area contributed by atoms with Crippen molar-refractivity contribution >= 4 is 40.9 Å². The molecule has 0 bridgehead atoms. The molecule has 0 aromatic heterocycles. The molecule has 4 nitrogen and oxygen atoms in total. The minimum Gasteiger partial charge on any atom is -0.478 e. The Hall–Kier alpha value is -0.460. The lowest BCUT2D eigenvalue weighted by Gasteiger charge is -2.11. The van der Waals surface area contributed by atoms with E-state index in [1.165, 1.54) is 6.07 Å². The summed E-state index contributed by atoms with van der Waals surface area (Å²) < 4.78 is 0. The van der Waals surface area contributed by atoms with Crippen molar-refractivity contribution in [3.05, 3.63) is 33.3 Å². The number of carboxylic acid groups (broad SMARTS) is 1. The molecule has 0 aliphatic heterocycles. The molecule has 0 fully saturated rings. The van der Waals surface area contributed by atoms with Crippen LogP contribution in [0.1, 0.15) is 29.8 Å². The number of carboxylic acids is 1. The third-order valence-corrected chi connectivity index (χ3v) is 4.08. The zero-order valence-corrected chi connectivity index (χ0v) is 13.7. The number of nitrogens with one attached hydrogen (secondary N) is 2. The molecule has 0 amide bonds. The summed E-state index contributed by atoms with van der Waals surface area (Å²) >= 11 is 13.8. The van der Waals surface area contributed by atoms with Crippen LogP contribution in [0.5, 0.6) is 0 Å². The SMILES string of the molecule is CC(C)NCSCNCc1c(Cl)ccc(C(=O)O)c1Cl. The largest absolute Gasteiger partial charge is 0.478 e. The van der Waals surface area contributed by atoms with Gasteiger partial charge in [0.15, 0.2) is 0 Å². The van der Waals surface area contributed by atoms with Gasteiger partial charge in [-0.05, 0) is 12.1 Å². The number of benzene rings is 1. The first kappa shape index (κ1) is 17.6. The Bertz CT molecular complexity index is 470. The molecule has 112 valence electrons. The molecule has 0 aliphatic carbocycles. The van der Waals surface area contributed by atoms with Gasteiger partial charge < -0.3 is 15.7 Å². The van der Waals surface area contributed by atoms with E-state index in [4.69, 9.17) is 28.3 Å². The molecule has 1 aromatic carbocycles. The van der Waals surface area contributed by atoms with Gasteiger partial charge in [-0.3, -0.25) is 0 Å². The number of rotatable bonds is 8. The summed E-state index contributed by atoms with van der Waals surface area (Å²) in [5.74, 6) is 0.522. The van der Waals surface area contributed by atoms with Crippen LogP contribution in [0, 0.1) is 0 Å². The van der Waals surface area contributed by atoms with Crippen molar-refractivity contribution in [1.82, 2.24) is 10.6 Å².